The van der Waals surface area contributed by atoms with Crippen LogP contribution in [0.1, 0.15) is 46.5 Å². The maximum atomic E-state index is 11.9. The number of nitrogens with two attached hydrogens (primary N) is 1. The van der Waals surface area contributed by atoms with E-state index in [-0.39, 0.29) is 29.2 Å². The third kappa shape index (κ3) is 4.35. The summed E-state index contributed by atoms with van der Waals surface area (Å²) in [4.78, 5) is 11.9. The lowest BCUT2D eigenvalue weighted by molar-refractivity contribution is -0.125. The number of carbonyl (C=O) groups excluding carboxylic acids is 1. The fourth-order valence-corrected chi connectivity index (χ4v) is 3.67. The molecule has 1 fully saturated rings. The van der Waals surface area contributed by atoms with E-state index in [9.17, 15) is 9.00 Å². The van der Waals surface area contributed by atoms with Crippen molar-refractivity contribution in [3.63, 3.8) is 0 Å². The summed E-state index contributed by atoms with van der Waals surface area (Å²) < 4.78 is 11.8. The van der Waals surface area contributed by atoms with Gasteiger partial charge in [0.25, 0.3) is 0 Å². The van der Waals surface area contributed by atoms with E-state index in [1.54, 1.807) is 0 Å². The van der Waals surface area contributed by atoms with Crippen LogP contribution in [-0.4, -0.2) is 33.2 Å². The molecule has 0 aliphatic heterocycles. The summed E-state index contributed by atoms with van der Waals surface area (Å²) in [6.07, 6.45) is 3.91. The van der Waals surface area contributed by atoms with Gasteiger partial charge in [-0.05, 0) is 26.2 Å². The molecule has 5 atom stereocenters. The average molecular weight is 274 g/mol. The number of hydrogen-bond acceptors (Lipinski definition) is 3. The molecule has 0 aromatic rings. The zero-order valence-electron chi connectivity index (χ0n) is 11.6. The van der Waals surface area contributed by atoms with Crippen molar-refractivity contribution < 1.29 is 9.00 Å². The highest BCUT2D eigenvalue weighted by Crippen LogP contribution is 2.23. The first kappa shape index (κ1) is 15.6. The Balaban J connectivity index is 2.47. The Morgan fingerprint density at radius 2 is 2.11 bits per heavy atom. The highest BCUT2D eigenvalue weighted by atomic mass is 32.2. The Labute approximate surface area is 113 Å². The molecular formula is C13H26N2O2S. The minimum absolute atomic E-state index is 0.0259. The van der Waals surface area contributed by atoms with Gasteiger partial charge in [-0.1, -0.05) is 20.3 Å². The van der Waals surface area contributed by atoms with E-state index in [0.717, 1.165) is 25.7 Å². The molecule has 5 unspecified atom stereocenters. The van der Waals surface area contributed by atoms with Gasteiger partial charge in [0.2, 0.25) is 5.91 Å². The predicted octanol–water partition coefficient (Wildman–Crippen LogP) is 1.17. The normalized spacial score (nSPS) is 29.3. The minimum atomic E-state index is -0.744. The molecule has 0 aromatic carbocycles. The number of hydrogen-bond donors (Lipinski definition) is 2. The molecular weight excluding hydrogens is 248 g/mol. The van der Waals surface area contributed by atoms with Crippen LogP contribution in [0, 0.1) is 5.92 Å². The second kappa shape index (κ2) is 7.24. The molecule has 1 aliphatic rings. The van der Waals surface area contributed by atoms with Gasteiger partial charge in [-0.2, -0.15) is 0 Å². The standard InChI is InChI=1S/C13H26N2O2S/c1-4-18(17)12-7-5-6-11(8-12)15-13(16)9(2)10(3)14/h9-12H,4-8,14H2,1-3H3,(H,15,16). The van der Waals surface area contributed by atoms with E-state index in [4.69, 9.17) is 5.73 Å². The Morgan fingerprint density at radius 3 is 2.67 bits per heavy atom. The molecule has 106 valence electrons. The Morgan fingerprint density at radius 1 is 1.44 bits per heavy atom. The van der Waals surface area contributed by atoms with Crippen molar-refractivity contribution in [2.75, 3.05) is 5.75 Å². The number of carbonyl (C=O) groups is 1. The predicted molar refractivity (Wildman–Crippen MR) is 75.7 cm³/mol. The van der Waals surface area contributed by atoms with Gasteiger partial charge in [0.1, 0.15) is 0 Å². The van der Waals surface area contributed by atoms with Gasteiger partial charge < -0.3 is 11.1 Å². The molecule has 5 heteroatoms. The van der Waals surface area contributed by atoms with E-state index in [1.165, 1.54) is 0 Å². The third-order valence-corrected chi connectivity index (χ3v) is 5.57. The van der Waals surface area contributed by atoms with E-state index in [0.29, 0.717) is 5.75 Å². The molecule has 1 rings (SSSR count). The van der Waals surface area contributed by atoms with Gasteiger partial charge in [0.05, 0.1) is 0 Å². The lowest BCUT2D eigenvalue weighted by atomic mass is 9.94. The quantitative estimate of drug-likeness (QED) is 0.790. The summed E-state index contributed by atoms with van der Waals surface area (Å²) >= 11 is 0. The van der Waals surface area contributed by atoms with Crippen molar-refractivity contribution in [1.82, 2.24) is 5.32 Å². The first-order valence-electron chi connectivity index (χ1n) is 6.88. The molecule has 18 heavy (non-hydrogen) atoms. The summed E-state index contributed by atoms with van der Waals surface area (Å²) in [7, 11) is -0.744. The van der Waals surface area contributed by atoms with Gasteiger partial charge in [-0.3, -0.25) is 9.00 Å². The largest absolute Gasteiger partial charge is 0.353 e. The summed E-state index contributed by atoms with van der Waals surface area (Å²) in [6, 6.07) is 0.0436. The van der Waals surface area contributed by atoms with E-state index >= 15 is 0 Å². The van der Waals surface area contributed by atoms with Gasteiger partial charge in [-0.15, -0.1) is 0 Å². The molecule has 0 radical (unpaired) electrons. The molecule has 0 heterocycles. The first-order chi connectivity index (χ1) is 8.45. The van der Waals surface area contributed by atoms with Crippen LogP contribution in [0.5, 0.6) is 0 Å². The van der Waals surface area contributed by atoms with Crippen LogP contribution in [0.25, 0.3) is 0 Å². The Hall–Kier alpha value is -0.420. The monoisotopic (exact) mass is 274 g/mol. The van der Waals surface area contributed by atoms with Gasteiger partial charge in [-0.25, -0.2) is 0 Å². The number of rotatable bonds is 5. The minimum Gasteiger partial charge on any atom is -0.353 e. The Kier molecular flexibility index (Phi) is 6.29. The molecule has 4 nitrogen and oxygen atoms in total. The summed E-state index contributed by atoms with van der Waals surface area (Å²) in [5, 5.41) is 3.31. The van der Waals surface area contributed by atoms with Crippen molar-refractivity contribution >= 4 is 16.7 Å². The average Bonchev–Trinajstić information content (AvgIpc) is 2.36. The van der Waals surface area contributed by atoms with E-state index in [1.807, 2.05) is 20.8 Å². The molecule has 1 amide bonds. The smallest absolute Gasteiger partial charge is 0.224 e. The van der Waals surface area contributed by atoms with Crippen molar-refractivity contribution in [2.24, 2.45) is 11.7 Å². The zero-order chi connectivity index (χ0) is 13.7. The fourth-order valence-electron chi connectivity index (χ4n) is 2.32. The molecule has 3 N–H and O–H groups in total. The highest BCUT2D eigenvalue weighted by Gasteiger charge is 2.28. The lowest BCUT2D eigenvalue weighted by Gasteiger charge is -2.30. The maximum absolute atomic E-state index is 11.9. The third-order valence-electron chi connectivity index (χ3n) is 3.83. The topological polar surface area (TPSA) is 72.2 Å². The van der Waals surface area contributed by atoms with Crippen molar-refractivity contribution in [1.29, 1.82) is 0 Å². The summed E-state index contributed by atoms with van der Waals surface area (Å²) in [5.74, 6) is 0.571. The molecule has 0 bridgehead atoms. The summed E-state index contributed by atoms with van der Waals surface area (Å²) in [6.45, 7) is 5.65. The SMILES string of the molecule is CCS(=O)C1CCCC(NC(=O)C(C)C(C)N)C1. The Bertz CT molecular complexity index is 307. The van der Waals surface area contributed by atoms with Crippen LogP contribution in [0.4, 0.5) is 0 Å². The maximum Gasteiger partial charge on any atom is 0.224 e. The molecule has 0 saturated heterocycles. The number of nitrogens with one attached hydrogen (secondary N) is 1. The van der Waals surface area contributed by atoms with Crippen LogP contribution >= 0.6 is 0 Å². The number of amides is 1. The van der Waals surface area contributed by atoms with Crippen LogP contribution in [0.2, 0.25) is 0 Å². The summed E-state index contributed by atoms with van der Waals surface area (Å²) in [5.41, 5.74) is 5.73. The zero-order valence-corrected chi connectivity index (χ0v) is 12.5. The van der Waals surface area contributed by atoms with Gasteiger partial charge in [0.15, 0.2) is 0 Å². The van der Waals surface area contributed by atoms with Crippen LogP contribution in [0.15, 0.2) is 0 Å². The molecule has 1 aliphatic carbocycles. The van der Waals surface area contributed by atoms with Crippen molar-refractivity contribution in [2.45, 2.75) is 63.8 Å². The van der Waals surface area contributed by atoms with Gasteiger partial charge >= 0.3 is 0 Å². The second-order valence-electron chi connectivity index (χ2n) is 5.31. The first-order valence-corrected chi connectivity index (χ1v) is 8.27. The second-order valence-corrected chi connectivity index (χ2v) is 7.32. The van der Waals surface area contributed by atoms with Crippen LogP contribution in [0.3, 0.4) is 0 Å². The van der Waals surface area contributed by atoms with Crippen molar-refractivity contribution in [3.05, 3.63) is 0 Å². The fraction of sp³-hybridized carbons (Fsp3) is 0.923. The van der Waals surface area contributed by atoms with Gasteiger partial charge in [0, 0.05) is 39.8 Å². The molecule has 1 saturated carbocycles. The van der Waals surface area contributed by atoms with Crippen LogP contribution in [-0.2, 0) is 15.6 Å². The molecule has 0 spiro atoms. The molecule has 0 aromatic heterocycles. The van der Waals surface area contributed by atoms with Crippen molar-refractivity contribution in [3.8, 4) is 0 Å². The van der Waals surface area contributed by atoms with E-state index in [2.05, 4.69) is 5.32 Å². The van der Waals surface area contributed by atoms with E-state index < -0.39 is 10.8 Å². The highest BCUT2D eigenvalue weighted by molar-refractivity contribution is 7.85. The van der Waals surface area contributed by atoms with Crippen LogP contribution < -0.4 is 11.1 Å². The lowest BCUT2D eigenvalue weighted by Crippen LogP contribution is -2.46.